The Morgan fingerprint density at radius 3 is 2.05 bits per heavy atom. The van der Waals surface area contributed by atoms with E-state index >= 15 is 9.59 Å². The van der Waals surface area contributed by atoms with Crippen LogP contribution in [0.2, 0.25) is 5.02 Å². The number of hydrogen-bond acceptors (Lipinski definition) is 10. The molecule has 4 aromatic rings. The number of Topliss-reactive ketones (excluding diaryl/α,β-unsaturated/α-hetero) is 1. The van der Waals surface area contributed by atoms with Gasteiger partial charge >= 0.3 is 11.4 Å². The fourth-order valence-corrected chi connectivity index (χ4v) is 9.96. The Kier molecular flexibility index (Phi) is 8.72. The van der Waals surface area contributed by atoms with E-state index in [4.69, 9.17) is 11.6 Å². The number of aromatic hydroxyl groups is 1. The zero-order valence-corrected chi connectivity index (χ0v) is 30.8. The van der Waals surface area contributed by atoms with Crippen molar-refractivity contribution in [2.75, 3.05) is 23.9 Å². The summed E-state index contributed by atoms with van der Waals surface area (Å²) in [6.45, 7) is 0. The Balaban J connectivity index is 1.34. The second kappa shape index (κ2) is 13.4. The molecule has 282 valence electrons. The minimum Gasteiger partial charge on any atom is -0.508 e. The van der Waals surface area contributed by atoms with Crippen LogP contribution in [0.15, 0.2) is 109 Å². The lowest BCUT2D eigenvalue weighted by atomic mass is 9.44. The summed E-state index contributed by atoms with van der Waals surface area (Å²) in [7, 11) is 2.82. The maximum absolute atomic E-state index is 15.2. The van der Waals surface area contributed by atoms with Gasteiger partial charge in [-0.25, -0.2) is 4.90 Å². The van der Waals surface area contributed by atoms with Gasteiger partial charge in [0, 0.05) is 48.7 Å². The molecule has 1 saturated heterocycles. The van der Waals surface area contributed by atoms with Crippen LogP contribution in [0.25, 0.3) is 5.57 Å². The van der Waals surface area contributed by atoms with E-state index < -0.39 is 68.0 Å². The molecule has 4 aromatic carbocycles. The molecule has 1 saturated carbocycles. The van der Waals surface area contributed by atoms with Crippen LogP contribution in [0.4, 0.5) is 22.7 Å². The number of allylic oxidation sites excluding steroid dienone is 4. The number of halogens is 1. The molecule has 3 aliphatic carbocycles. The molecular formula is C42H33ClN4O9. The molecule has 0 bridgehead atoms. The van der Waals surface area contributed by atoms with Crippen molar-refractivity contribution >= 4 is 63.3 Å². The van der Waals surface area contributed by atoms with Gasteiger partial charge in [0.25, 0.3) is 0 Å². The third-order valence-electron chi connectivity index (χ3n) is 11.8. The van der Waals surface area contributed by atoms with Gasteiger partial charge in [-0.05, 0) is 53.7 Å². The predicted octanol–water partition coefficient (Wildman–Crippen LogP) is 6.96. The average molecular weight is 773 g/mol. The standard InChI is InChI=1S/C42H33ClN4O9/c1-44(2)38-33(46(53)54)17-24(18-34(38)47(55)56)45-40(51)28-16-15-26-30(36(28)41(45)52)20-31-39(50)29(22-9-5-3-6-10-22)21-35(49)42(31,23-11-7-4-8-12-23)37(26)27-14-13-25(48)19-32(27)43/h3-15,17-19,21,28,30-31,36-37,48H,16,20H2,1-2H3/t28-,30+,31-,36-,37+,42-/m0/s1. The van der Waals surface area contributed by atoms with Gasteiger partial charge in [-0.15, -0.1) is 0 Å². The molecule has 0 spiro atoms. The number of phenolic OH excluding ortho intramolecular Hbond substituents is 1. The van der Waals surface area contributed by atoms with E-state index in [0.717, 1.165) is 17.0 Å². The number of nitro groups is 2. The van der Waals surface area contributed by atoms with E-state index in [-0.39, 0.29) is 52.1 Å². The third kappa shape index (κ3) is 5.29. The monoisotopic (exact) mass is 772 g/mol. The van der Waals surface area contributed by atoms with E-state index in [2.05, 4.69) is 0 Å². The van der Waals surface area contributed by atoms with Crippen LogP contribution in [0.5, 0.6) is 5.75 Å². The minimum atomic E-state index is -1.55. The van der Waals surface area contributed by atoms with Gasteiger partial charge in [0.05, 0.1) is 32.8 Å². The molecule has 4 aliphatic rings. The van der Waals surface area contributed by atoms with Crippen LogP contribution in [0.3, 0.4) is 0 Å². The number of hydrogen-bond donors (Lipinski definition) is 1. The minimum absolute atomic E-state index is 0.0183. The largest absolute Gasteiger partial charge is 0.508 e. The molecular weight excluding hydrogens is 740 g/mol. The van der Waals surface area contributed by atoms with Crippen molar-refractivity contribution in [3.05, 3.63) is 151 Å². The van der Waals surface area contributed by atoms with Crippen LogP contribution in [-0.4, -0.2) is 52.4 Å². The van der Waals surface area contributed by atoms with Crippen molar-refractivity contribution in [2.45, 2.75) is 24.2 Å². The van der Waals surface area contributed by atoms with E-state index in [9.17, 15) is 34.9 Å². The van der Waals surface area contributed by atoms with Gasteiger partial charge in [-0.2, -0.15) is 0 Å². The first-order valence-electron chi connectivity index (χ1n) is 17.9. The molecule has 6 atom stereocenters. The molecule has 1 N–H and O–H groups in total. The molecule has 1 aliphatic heterocycles. The lowest BCUT2D eigenvalue weighted by Crippen LogP contribution is -2.58. The fraction of sp³-hybridized carbons (Fsp3) is 0.238. The van der Waals surface area contributed by atoms with Crippen molar-refractivity contribution in [3.8, 4) is 5.75 Å². The summed E-state index contributed by atoms with van der Waals surface area (Å²) in [5, 5.41) is 35.0. The predicted molar refractivity (Wildman–Crippen MR) is 206 cm³/mol. The van der Waals surface area contributed by atoms with E-state index in [1.165, 1.54) is 37.2 Å². The van der Waals surface area contributed by atoms with Gasteiger partial charge in [-0.1, -0.05) is 90.0 Å². The maximum atomic E-state index is 15.2. The number of nitrogens with zero attached hydrogens (tertiary/aromatic N) is 4. The molecule has 0 unspecified atom stereocenters. The highest BCUT2D eigenvalue weighted by atomic mass is 35.5. The van der Waals surface area contributed by atoms with Crippen LogP contribution in [-0.2, 0) is 24.6 Å². The summed E-state index contributed by atoms with van der Waals surface area (Å²) >= 11 is 6.92. The van der Waals surface area contributed by atoms with E-state index in [1.807, 2.05) is 6.08 Å². The summed E-state index contributed by atoms with van der Waals surface area (Å²) in [6.07, 6.45) is 3.23. The van der Waals surface area contributed by atoms with Gasteiger partial charge < -0.3 is 10.0 Å². The first kappa shape index (κ1) is 36.5. The first-order chi connectivity index (χ1) is 26.8. The molecule has 0 radical (unpaired) electrons. The zero-order valence-electron chi connectivity index (χ0n) is 30.0. The van der Waals surface area contributed by atoms with Crippen molar-refractivity contribution in [2.24, 2.45) is 23.7 Å². The number of imide groups is 1. The Hall–Kier alpha value is -6.47. The highest BCUT2D eigenvalue weighted by molar-refractivity contribution is 6.33. The average Bonchev–Trinajstić information content (AvgIpc) is 3.44. The summed E-state index contributed by atoms with van der Waals surface area (Å²) < 4.78 is 0. The van der Waals surface area contributed by atoms with Gasteiger partial charge in [0.15, 0.2) is 17.3 Å². The normalized spacial score (nSPS) is 25.5. The van der Waals surface area contributed by atoms with Crippen molar-refractivity contribution in [3.63, 3.8) is 0 Å². The number of carbonyl (C=O) groups is 4. The fourth-order valence-electron chi connectivity index (χ4n) is 9.68. The number of ketones is 2. The maximum Gasteiger partial charge on any atom is 0.301 e. The second-order valence-corrected chi connectivity index (χ2v) is 15.2. The number of nitro benzene ring substituents is 2. The number of phenols is 1. The number of fused-ring (bicyclic) bond motifs is 4. The molecule has 13 nitrogen and oxygen atoms in total. The van der Waals surface area contributed by atoms with Crippen molar-refractivity contribution in [1.82, 2.24) is 0 Å². The quantitative estimate of drug-likeness (QED) is 0.0893. The molecule has 1 heterocycles. The number of rotatable bonds is 7. The highest BCUT2D eigenvalue weighted by Gasteiger charge is 2.66. The van der Waals surface area contributed by atoms with Gasteiger partial charge in [0.2, 0.25) is 11.8 Å². The highest BCUT2D eigenvalue weighted by Crippen LogP contribution is 2.64. The van der Waals surface area contributed by atoms with E-state index in [1.54, 1.807) is 66.7 Å². The van der Waals surface area contributed by atoms with Crippen LogP contribution < -0.4 is 9.80 Å². The smallest absolute Gasteiger partial charge is 0.301 e. The van der Waals surface area contributed by atoms with Crippen LogP contribution >= 0.6 is 11.6 Å². The summed E-state index contributed by atoms with van der Waals surface area (Å²) in [6, 6.07) is 24.1. The third-order valence-corrected chi connectivity index (χ3v) is 12.2. The lowest BCUT2D eigenvalue weighted by molar-refractivity contribution is -0.392. The Morgan fingerprint density at radius 1 is 0.839 bits per heavy atom. The van der Waals surface area contributed by atoms with Crippen molar-refractivity contribution in [1.29, 1.82) is 0 Å². The Morgan fingerprint density at radius 2 is 1.46 bits per heavy atom. The Bertz CT molecular complexity index is 2430. The topological polar surface area (TPSA) is 181 Å². The number of benzene rings is 4. The number of carbonyl (C=O) groups excluding carboxylic acids is 4. The number of anilines is 2. The second-order valence-electron chi connectivity index (χ2n) is 14.7. The molecule has 2 amide bonds. The molecule has 8 rings (SSSR count). The summed E-state index contributed by atoms with van der Waals surface area (Å²) in [5.74, 6) is -7.08. The first-order valence-corrected chi connectivity index (χ1v) is 18.3. The Labute approximate surface area is 324 Å². The van der Waals surface area contributed by atoms with Crippen LogP contribution in [0, 0.1) is 43.9 Å². The summed E-state index contributed by atoms with van der Waals surface area (Å²) in [4.78, 5) is 84.2. The summed E-state index contributed by atoms with van der Waals surface area (Å²) in [5.41, 5.74) is -1.14. The number of amides is 2. The van der Waals surface area contributed by atoms with E-state index in [0.29, 0.717) is 22.3 Å². The zero-order chi connectivity index (χ0) is 39.8. The van der Waals surface area contributed by atoms with Gasteiger partial charge in [-0.3, -0.25) is 39.4 Å². The molecule has 2 fully saturated rings. The molecule has 0 aromatic heterocycles. The van der Waals surface area contributed by atoms with Crippen LogP contribution in [0.1, 0.15) is 35.4 Å². The molecule has 56 heavy (non-hydrogen) atoms. The van der Waals surface area contributed by atoms with Crippen molar-refractivity contribution < 1.29 is 34.1 Å². The molecule has 14 heteroatoms. The van der Waals surface area contributed by atoms with Gasteiger partial charge in [0.1, 0.15) is 5.75 Å². The SMILES string of the molecule is CN(C)c1c([N+](=O)[O-])cc(N2C(=O)[C@H]3[C@H](CC=C4[C@H]3C[C@H]3C(=O)C(c5ccccc5)=CC(=O)[C@@]3(c3ccccc3)[C@H]4c3ccc(O)cc3Cl)C2=O)cc1[N+](=O)[O-]. The lowest BCUT2D eigenvalue weighted by Gasteiger charge is -2.55.